The molecule has 1 aromatic carbocycles. The molecule has 130 valence electrons. The van der Waals surface area contributed by atoms with Crippen molar-refractivity contribution in [1.29, 1.82) is 0 Å². The van der Waals surface area contributed by atoms with Gasteiger partial charge < -0.3 is 19.0 Å². The number of methoxy groups -OCH3 is 1. The molecule has 23 heavy (non-hydrogen) atoms. The maximum absolute atomic E-state index is 10.3. The number of ether oxygens (including phenoxy) is 2. The van der Waals surface area contributed by atoms with Crippen molar-refractivity contribution < 1.29 is 19.0 Å². The van der Waals surface area contributed by atoms with Crippen molar-refractivity contribution in [2.75, 3.05) is 7.11 Å². The van der Waals surface area contributed by atoms with Gasteiger partial charge in [0.2, 0.25) is 0 Å². The minimum Gasteiger partial charge on any atom is -0.497 e. The van der Waals surface area contributed by atoms with Crippen LogP contribution < -0.4 is 9.47 Å². The van der Waals surface area contributed by atoms with Gasteiger partial charge in [0.05, 0.1) is 19.3 Å². The summed E-state index contributed by atoms with van der Waals surface area (Å²) in [7, 11) is -0.178. The molecule has 1 N–H and O–H groups in total. The molecule has 0 saturated heterocycles. The Morgan fingerprint density at radius 3 is 2.13 bits per heavy atom. The van der Waals surface area contributed by atoms with Gasteiger partial charge >= 0.3 is 0 Å². The molecule has 0 heterocycles. The highest BCUT2D eigenvalue weighted by Gasteiger charge is 2.43. The van der Waals surface area contributed by atoms with Crippen molar-refractivity contribution in [3.8, 4) is 11.5 Å². The Hall–Kier alpha value is -1.04. The van der Waals surface area contributed by atoms with Gasteiger partial charge in [-0.25, -0.2) is 0 Å². The van der Waals surface area contributed by atoms with Gasteiger partial charge in [-0.05, 0) is 42.4 Å². The zero-order valence-corrected chi connectivity index (χ0v) is 16.1. The van der Waals surface area contributed by atoms with Crippen molar-refractivity contribution in [3.05, 3.63) is 24.3 Å². The van der Waals surface area contributed by atoms with E-state index in [-0.39, 0.29) is 17.2 Å². The third-order valence-electron chi connectivity index (χ3n) is 5.04. The molecule has 5 heteroatoms. The topological polar surface area (TPSA) is 47.9 Å². The lowest BCUT2D eigenvalue weighted by atomic mass is 10.2. The summed E-state index contributed by atoms with van der Waals surface area (Å²) in [4.78, 5) is 0. The van der Waals surface area contributed by atoms with E-state index in [4.69, 9.17) is 13.9 Å². The van der Waals surface area contributed by atoms with E-state index in [1.54, 1.807) is 7.11 Å². The Kier molecular flexibility index (Phi) is 5.43. The van der Waals surface area contributed by atoms with Crippen LogP contribution in [0.3, 0.4) is 0 Å². The summed E-state index contributed by atoms with van der Waals surface area (Å²) in [5.74, 6) is 1.55. The van der Waals surface area contributed by atoms with Crippen molar-refractivity contribution in [2.45, 2.75) is 70.1 Å². The molecule has 3 atom stereocenters. The van der Waals surface area contributed by atoms with Crippen LogP contribution in [-0.4, -0.2) is 38.8 Å². The molecule has 4 nitrogen and oxygen atoms in total. The average Bonchev–Trinajstić information content (AvgIpc) is 2.77. The number of hydrogen-bond donors (Lipinski definition) is 1. The second-order valence-electron chi connectivity index (χ2n) is 7.87. The first kappa shape index (κ1) is 18.3. The molecule has 1 saturated carbocycles. The Morgan fingerprint density at radius 1 is 1.04 bits per heavy atom. The summed E-state index contributed by atoms with van der Waals surface area (Å²) in [6.07, 6.45) is 0.770. The van der Waals surface area contributed by atoms with E-state index in [9.17, 15) is 5.11 Å². The lowest BCUT2D eigenvalue weighted by Gasteiger charge is -2.38. The molecule has 0 amide bonds. The van der Waals surface area contributed by atoms with Crippen LogP contribution in [0.5, 0.6) is 11.5 Å². The van der Waals surface area contributed by atoms with Crippen molar-refractivity contribution >= 4 is 8.32 Å². The standard InChI is InChI=1S/C18H30O4Si/c1-18(2,3)23(5,6)22-15-11-16(19)17(12-15)21-14-9-7-13(20-4)8-10-14/h7-10,15-17,19H,11-12H2,1-6H3/t15-,16+,17+/m0/s1. The Morgan fingerprint density at radius 2 is 1.61 bits per heavy atom. The molecule has 0 radical (unpaired) electrons. The number of aliphatic hydroxyl groups excluding tert-OH is 1. The van der Waals surface area contributed by atoms with Crippen LogP contribution in [0.1, 0.15) is 33.6 Å². The Balaban J connectivity index is 1.95. The van der Waals surface area contributed by atoms with Gasteiger partial charge in [-0.2, -0.15) is 0 Å². The second-order valence-corrected chi connectivity index (χ2v) is 12.6. The van der Waals surface area contributed by atoms with Crippen LogP contribution in [-0.2, 0) is 4.43 Å². The highest BCUT2D eigenvalue weighted by Crippen LogP contribution is 2.40. The molecule has 0 unspecified atom stereocenters. The minimum atomic E-state index is -1.82. The second kappa shape index (κ2) is 6.83. The fourth-order valence-electron chi connectivity index (χ4n) is 2.58. The molecule has 0 aromatic heterocycles. The molecule has 1 aliphatic rings. The lowest BCUT2D eigenvalue weighted by molar-refractivity contribution is 0.0602. The quantitative estimate of drug-likeness (QED) is 0.825. The monoisotopic (exact) mass is 338 g/mol. The fraction of sp³-hybridized carbons (Fsp3) is 0.667. The van der Waals surface area contributed by atoms with Crippen molar-refractivity contribution in [3.63, 3.8) is 0 Å². The summed E-state index contributed by atoms with van der Waals surface area (Å²) < 4.78 is 17.5. The van der Waals surface area contributed by atoms with Crippen LogP contribution in [0.25, 0.3) is 0 Å². The number of aliphatic hydroxyl groups is 1. The SMILES string of the molecule is COc1ccc(O[C@@H]2C[C@@H](O[Si](C)(C)C(C)(C)C)C[C@H]2O)cc1. The largest absolute Gasteiger partial charge is 0.497 e. The lowest BCUT2D eigenvalue weighted by Crippen LogP contribution is -2.43. The van der Waals surface area contributed by atoms with E-state index in [1.165, 1.54) is 0 Å². The molecule has 1 aromatic rings. The number of benzene rings is 1. The first-order valence-corrected chi connectivity index (χ1v) is 11.2. The highest BCUT2D eigenvalue weighted by molar-refractivity contribution is 6.74. The molecule has 2 rings (SSSR count). The highest BCUT2D eigenvalue weighted by atomic mass is 28.4. The van der Waals surface area contributed by atoms with Crippen LogP contribution >= 0.6 is 0 Å². The molecule has 1 aliphatic carbocycles. The zero-order chi connectivity index (χ0) is 17.3. The Labute approximate surface area is 140 Å². The van der Waals surface area contributed by atoms with E-state index >= 15 is 0 Å². The summed E-state index contributed by atoms with van der Waals surface area (Å²) >= 11 is 0. The summed E-state index contributed by atoms with van der Waals surface area (Å²) in [6.45, 7) is 11.2. The van der Waals surface area contributed by atoms with Crippen molar-refractivity contribution in [1.82, 2.24) is 0 Å². The summed E-state index contributed by atoms with van der Waals surface area (Å²) in [6, 6.07) is 7.46. The molecule has 0 bridgehead atoms. The molecular weight excluding hydrogens is 308 g/mol. The summed E-state index contributed by atoms with van der Waals surface area (Å²) in [5.41, 5.74) is 0. The van der Waals surface area contributed by atoms with E-state index in [2.05, 4.69) is 33.9 Å². The van der Waals surface area contributed by atoms with E-state index in [0.29, 0.717) is 6.42 Å². The molecule has 0 spiro atoms. The smallest absolute Gasteiger partial charge is 0.192 e. The maximum Gasteiger partial charge on any atom is 0.192 e. The van der Waals surface area contributed by atoms with Crippen LogP contribution in [0.4, 0.5) is 0 Å². The first-order valence-electron chi connectivity index (χ1n) is 8.29. The van der Waals surface area contributed by atoms with Gasteiger partial charge in [-0.1, -0.05) is 20.8 Å². The predicted octanol–water partition coefficient (Wildman–Crippen LogP) is 3.99. The third-order valence-corrected chi connectivity index (χ3v) is 9.58. The predicted molar refractivity (Wildman–Crippen MR) is 94.7 cm³/mol. The third kappa shape index (κ3) is 4.49. The van der Waals surface area contributed by atoms with E-state index in [0.717, 1.165) is 17.9 Å². The van der Waals surface area contributed by atoms with E-state index < -0.39 is 14.4 Å². The maximum atomic E-state index is 10.3. The fourth-order valence-corrected chi connectivity index (χ4v) is 3.96. The first-order chi connectivity index (χ1) is 10.6. The van der Waals surface area contributed by atoms with Gasteiger partial charge in [0.25, 0.3) is 0 Å². The van der Waals surface area contributed by atoms with Crippen LogP contribution in [0.15, 0.2) is 24.3 Å². The van der Waals surface area contributed by atoms with E-state index in [1.807, 2.05) is 24.3 Å². The summed E-state index contributed by atoms with van der Waals surface area (Å²) in [5, 5.41) is 10.5. The van der Waals surface area contributed by atoms with Crippen LogP contribution in [0.2, 0.25) is 18.1 Å². The minimum absolute atomic E-state index is 0.0779. The van der Waals surface area contributed by atoms with Crippen molar-refractivity contribution in [2.24, 2.45) is 0 Å². The average molecular weight is 339 g/mol. The van der Waals surface area contributed by atoms with Gasteiger partial charge in [0.1, 0.15) is 17.6 Å². The van der Waals surface area contributed by atoms with Gasteiger partial charge in [-0.3, -0.25) is 0 Å². The normalized spacial score (nSPS) is 25.4. The molecule has 1 fully saturated rings. The van der Waals surface area contributed by atoms with Crippen LogP contribution in [0, 0.1) is 0 Å². The van der Waals surface area contributed by atoms with Gasteiger partial charge in [0.15, 0.2) is 8.32 Å². The van der Waals surface area contributed by atoms with Gasteiger partial charge in [0, 0.05) is 12.8 Å². The zero-order valence-electron chi connectivity index (χ0n) is 15.1. The Bertz CT molecular complexity index is 507. The van der Waals surface area contributed by atoms with Gasteiger partial charge in [-0.15, -0.1) is 0 Å². The number of hydrogen-bond acceptors (Lipinski definition) is 4. The molecule has 0 aliphatic heterocycles. The molecular formula is C18H30O4Si. The number of rotatable bonds is 5.